The second kappa shape index (κ2) is 7.10. The van der Waals surface area contributed by atoms with Gasteiger partial charge in [-0.25, -0.2) is 0 Å². The van der Waals surface area contributed by atoms with Crippen LogP contribution in [0.1, 0.15) is 55.4 Å². The zero-order chi connectivity index (χ0) is 20.6. The van der Waals surface area contributed by atoms with E-state index in [-0.39, 0.29) is 17.2 Å². The average molecular weight is 386 g/mol. The van der Waals surface area contributed by atoms with Crippen molar-refractivity contribution in [2.45, 2.75) is 38.5 Å². The van der Waals surface area contributed by atoms with Gasteiger partial charge >= 0.3 is 0 Å². The molecule has 0 saturated carbocycles. The molecule has 0 saturated heterocycles. The van der Waals surface area contributed by atoms with Gasteiger partial charge in [0.05, 0.1) is 11.6 Å². The number of nitrogens with zero attached hydrogens (tertiary/aromatic N) is 2. The van der Waals surface area contributed by atoms with Crippen molar-refractivity contribution in [3.63, 3.8) is 0 Å². The smallest absolute Gasteiger partial charge is 0.226 e. The molecule has 3 aromatic rings. The van der Waals surface area contributed by atoms with E-state index in [0.717, 1.165) is 22.4 Å². The summed E-state index contributed by atoms with van der Waals surface area (Å²) in [6.45, 7) is 6.28. The highest BCUT2D eigenvalue weighted by Gasteiger charge is 2.28. The number of aromatic nitrogens is 2. The lowest BCUT2D eigenvalue weighted by atomic mass is 9.85. The fraction of sp³-hybridized carbons (Fsp3) is 0.261. The number of nitrogens with one attached hydrogen (secondary N) is 2. The zero-order valence-corrected chi connectivity index (χ0v) is 16.6. The first-order valence-electron chi connectivity index (χ1n) is 9.51. The fourth-order valence-corrected chi connectivity index (χ4v) is 3.61. The number of rotatable bonds is 3. The van der Waals surface area contributed by atoms with Crippen molar-refractivity contribution in [1.29, 1.82) is 5.26 Å². The summed E-state index contributed by atoms with van der Waals surface area (Å²) >= 11 is 0. The summed E-state index contributed by atoms with van der Waals surface area (Å²) < 4.78 is 6.15. The van der Waals surface area contributed by atoms with Gasteiger partial charge in [-0.15, -0.1) is 0 Å². The molecule has 0 radical (unpaired) electrons. The largest absolute Gasteiger partial charge is 0.457 e. The quantitative estimate of drug-likeness (QED) is 0.673. The van der Waals surface area contributed by atoms with E-state index in [0.29, 0.717) is 23.6 Å². The van der Waals surface area contributed by atoms with E-state index in [1.807, 2.05) is 42.6 Å². The van der Waals surface area contributed by atoms with Gasteiger partial charge in [0.25, 0.3) is 0 Å². The molecule has 146 valence electrons. The third kappa shape index (κ3) is 3.72. The normalized spacial score (nSPS) is 15.9. The molecular weight excluding hydrogens is 364 g/mol. The van der Waals surface area contributed by atoms with Gasteiger partial charge in [0.15, 0.2) is 5.82 Å². The Morgan fingerprint density at radius 1 is 1.17 bits per heavy atom. The summed E-state index contributed by atoms with van der Waals surface area (Å²) in [5, 5.41) is 18.9. The number of aromatic amines is 1. The Kier molecular flexibility index (Phi) is 4.59. The van der Waals surface area contributed by atoms with Crippen molar-refractivity contribution in [2.75, 3.05) is 5.32 Å². The molecular formula is C23H22N4O2. The first kappa shape index (κ1) is 18.8. The maximum atomic E-state index is 12.0. The van der Waals surface area contributed by atoms with E-state index in [4.69, 9.17) is 4.74 Å². The number of amides is 1. The number of H-pyrrole nitrogens is 1. The Bertz CT molecular complexity index is 1100. The highest BCUT2D eigenvalue weighted by atomic mass is 16.5. The molecule has 0 bridgehead atoms. The minimum Gasteiger partial charge on any atom is -0.457 e. The lowest BCUT2D eigenvalue weighted by molar-refractivity contribution is -0.116. The van der Waals surface area contributed by atoms with Crippen LogP contribution < -0.4 is 10.1 Å². The van der Waals surface area contributed by atoms with Gasteiger partial charge in [0.1, 0.15) is 11.5 Å². The highest BCUT2D eigenvalue weighted by molar-refractivity contribution is 5.94. The zero-order valence-electron chi connectivity index (χ0n) is 16.6. The molecule has 1 aromatic heterocycles. The van der Waals surface area contributed by atoms with Gasteiger partial charge in [0.2, 0.25) is 5.91 Å². The van der Waals surface area contributed by atoms with Crippen LogP contribution in [0.25, 0.3) is 0 Å². The Hall–Kier alpha value is -3.59. The van der Waals surface area contributed by atoms with Gasteiger partial charge in [-0.1, -0.05) is 32.9 Å². The SMILES string of the molecule is CC(C)(C)c1cc(C#N)ccc1Oc1ccc(C2CC(=O)Nc3n[nH]cc32)cc1. The van der Waals surface area contributed by atoms with E-state index in [2.05, 4.69) is 42.4 Å². The van der Waals surface area contributed by atoms with Crippen LogP contribution in [0.3, 0.4) is 0 Å². The molecule has 4 rings (SSSR count). The first-order valence-corrected chi connectivity index (χ1v) is 9.51. The van der Waals surface area contributed by atoms with Gasteiger partial charge in [-0.3, -0.25) is 9.89 Å². The molecule has 1 aliphatic heterocycles. The van der Waals surface area contributed by atoms with Gasteiger partial charge in [0, 0.05) is 29.7 Å². The van der Waals surface area contributed by atoms with Crippen molar-refractivity contribution >= 4 is 11.7 Å². The van der Waals surface area contributed by atoms with Crippen LogP contribution in [0.5, 0.6) is 11.5 Å². The van der Waals surface area contributed by atoms with E-state index in [1.54, 1.807) is 6.07 Å². The molecule has 6 nitrogen and oxygen atoms in total. The minimum atomic E-state index is -0.157. The van der Waals surface area contributed by atoms with Crippen molar-refractivity contribution in [3.8, 4) is 17.6 Å². The number of fused-ring (bicyclic) bond motifs is 1. The molecule has 1 aliphatic rings. The monoisotopic (exact) mass is 386 g/mol. The van der Waals surface area contributed by atoms with Crippen molar-refractivity contribution in [1.82, 2.24) is 10.2 Å². The van der Waals surface area contributed by atoms with Crippen LogP contribution >= 0.6 is 0 Å². The summed E-state index contributed by atoms with van der Waals surface area (Å²) in [5.41, 5.74) is 3.46. The Labute approximate surface area is 169 Å². The van der Waals surface area contributed by atoms with Crippen LogP contribution in [0.2, 0.25) is 0 Å². The Morgan fingerprint density at radius 3 is 2.62 bits per heavy atom. The second-order valence-electron chi connectivity index (χ2n) is 8.24. The second-order valence-corrected chi connectivity index (χ2v) is 8.24. The summed E-state index contributed by atoms with van der Waals surface area (Å²) in [6.07, 6.45) is 2.22. The molecule has 29 heavy (non-hydrogen) atoms. The number of carbonyl (C=O) groups excluding carboxylic acids is 1. The van der Waals surface area contributed by atoms with Crippen LogP contribution in [-0.2, 0) is 10.2 Å². The van der Waals surface area contributed by atoms with Gasteiger partial charge in [-0.05, 0) is 41.3 Å². The third-order valence-electron chi connectivity index (χ3n) is 5.12. The Morgan fingerprint density at radius 2 is 1.93 bits per heavy atom. The lowest BCUT2D eigenvalue weighted by Crippen LogP contribution is -2.22. The van der Waals surface area contributed by atoms with Gasteiger partial charge in [-0.2, -0.15) is 10.4 Å². The third-order valence-corrected chi connectivity index (χ3v) is 5.12. The maximum absolute atomic E-state index is 12.0. The summed E-state index contributed by atoms with van der Waals surface area (Å²) in [4.78, 5) is 12.0. The van der Waals surface area contributed by atoms with Crippen LogP contribution in [0.4, 0.5) is 5.82 Å². The first-order chi connectivity index (χ1) is 13.8. The van der Waals surface area contributed by atoms with Crippen molar-refractivity contribution in [3.05, 3.63) is 70.9 Å². The van der Waals surface area contributed by atoms with Crippen molar-refractivity contribution < 1.29 is 9.53 Å². The number of ether oxygens (including phenoxy) is 1. The predicted molar refractivity (Wildman–Crippen MR) is 110 cm³/mol. The highest BCUT2D eigenvalue weighted by Crippen LogP contribution is 2.38. The summed E-state index contributed by atoms with van der Waals surface area (Å²) in [6, 6.07) is 15.5. The van der Waals surface area contributed by atoms with Crippen LogP contribution in [-0.4, -0.2) is 16.1 Å². The molecule has 0 fully saturated rings. The van der Waals surface area contributed by atoms with E-state index in [1.165, 1.54) is 0 Å². The number of carbonyl (C=O) groups is 1. The number of nitriles is 1. The number of benzene rings is 2. The van der Waals surface area contributed by atoms with Crippen LogP contribution in [0, 0.1) is 11.3 Å². The van der Waals surface area contributed by atoms with Gasteiger partial charge < -0.3 is 10.1 Å². The molecule has 0 spiro atoms. The summed E-state index contributed by atoms with van der Waals surface area (Å²) in [7, 11) is 0. The predicted octanol–water partition coefficient (Wildman–Crippen LogP) is 4.85. The van der Waals surface area contributed by atoms with E-state index in [9.17, 15) is 10.1 Å². The molecule has 2 N–H and O–H groups in total. The molecule has 6 heteroatoms. The van der Waals surface area contributed by atoms with E-state index < -0.39 is 0 Å². The minimum absolute atomic E-state index is 0.0356. The topological polar surface area (TPSA) is 90.8 Å². The molecule has 0 aliphatic carbocycles. The number of hydrogen-bond donors (Lipinski definition) is 2. The standard InChI is InChI=1S/C23H22N4O2/c1-23(2,3)19-10-14(12-24)4-9-20(19)29-16-7-5-15(6-8-16)17-11-21(28)26-22-18(17)13-25-27-22/h4-10,13,17H,11H2,1-3H3,(H2,25,26,27,28). The Balaban J connectivity index is 1.61. The van der Waals surface area contributed by atoms with E-state index >= 15 is 0 Å². The molecule has 2 heterocycles. The molecule has 1 unspecified atom stereocenters. The molecule has 1 amide bonds. The van der Waals surface area contributed by atoms with Crippen molar-refractivity contribution in [2.24, 2.45) is 0 Å². The maximum Gasteiger partial charge on any atom is 0.226 e. The number of anilines is 1. The number of hydrogen-bond acceptors (Lipinski definition) is 4. The summed E-state index contributed by atoms with van der Waals surface area (Å²) in [5.74, 6) is 1.96. The lowest BCUT2D eigenvalue weighted by Gasteiger charge is -2.24. The molecule has 2 aromatic carbocycles. The molecule has 1 atom stereocenters. The fourth-order valence-electron chi connectivity index (χ4n) is 3.61. The van der Waals surface area contributed by atoms with Crippen LogP contribution in [0.15, 0.2) is 48.7 Å². The average Bonchev–Trinajstić information content (AvgIpc) is 3.16.